The summed E-state index contributed by atoms with van der Waals surface area (Å²) in [6.45, 7) is 0. The lowest BCUT2D eigenvalue weighted by molar-refractivity contribution is -0.136. The Hall–Kier alpha value is -1.89. The maximum atomic E-state index is 12.9. The number of carboxylic acids is 1. The first kappa shape index (κ1) is 21.8. The number of hydrogen-bond acceptors (Lipinski definition) is 3. The molecule has 1 aliphatic carbocycles. The molecule has 2 N–H and O–H groups in total. The molecule has 0 spiro atoms. The van der Waals surface area contributed by atoms with Crippen molar-refractivity contribution in [3.63, 3.8) is 0 Å². The Balaban J connectivity index is 1.73. The van der Waals surface area contributed by atoms with Gasteiger partial charge < -0.3 is 5.11 Å². The van der Waals surface area contributed by atoms with Crippen LogP contribution in [0.25, 0.3) is 0 Å². The summed E-state index contributed by atoms with van der Waals surface area (Å²) < 4.78 is 28.6. The van der Waals surface area contributed by atoms with Gasteiger partial charge in [-0.2, -0.15) is 0 Å². The maximum absolute atomic E-state index is 12.9. The van der Waals surface area contributed by atoms with Gasteiger partial charge in [0.2, 0.25) is 10.0 Å². The van der Waals surface area contributed by atoms with E-state index < -0.39 is 16.0 Å². The third-order valence-corrected chi connectivity index (χ3v) is 7.22. The molecule has 2 unspecified atom stereocenters. The van der Waals surface area contributed by atoms with Crippen LogP contribution in [0.1, 0.15) is 43.2 Å². The van der Waals surface area contributed by atoms with Crippen LogP contribution >= 0.6 is 11.6 Å². The van der Waals surface area contributed by atoms with Crippen LogP contribution in [-0.2, 0) is 27.7 Å². The summed E-state index contributed by atoms with van der Waals surface area (Å²) in [5, 5.41) is 9.41. The van der Waals surface area contributed by atoms with Crippen molar-refractivity contribution in [2.24, 2.45) is 5.92 Å². The zero-order valence-electron chi connectivity index (χ0n) is 16.2. The molecule has 2 aromatic carbocycles. The molecule has 0 bridgehead atoms. The smallest absolute Gasteiger partial charge is 0.307 e. The van der Waals surface area contributed by atoms with Gasteiger partial charge in [0.05, 0.1) is 11.3 Å². The van der Waals surface area contributed by atoms with E-state index in [1.54, 1.807) is 12.1 Å². The summed E-state index contributed by atoms with van der Waals surface area (Å²) in [4.78, 5) is 11.1. The number of nitrogens with one attached hydrogen (secondary N) is 1. The molecule has 0 amide bonds. The van der Waals surface area contributed by atoms with Crippen LogP contribution in [-0.4, -0.2) is 25.5 Å². The number of aliphatic carboxylic acids is 1. The highest BCUT2D eigenvalue weighted by Crippen LogP contribution is 2.28. The third kappa shape index (κ3) is 6.29. The van der Waals surface area contributed by atoms with Crippen LogP contribution in [0.5, 0.6) is 0 Å². The first-order chi connectivity index (χ1) is 13.8. The van der Waals surface area contributed by atoms with Crippen LogP contribution < -0.4 is 4.72 Å². The molecule has 1 saturated carbocycles. The summed E-state index contributed by atoms with van der Waals surface area (Å²) in [7, 11) is -3.61. The van der Waals surface area contributed by atoms with Crippen molar-refractivity contribution in [1.82, 2.24) is 4.72 Å². The first-order valence-corrected chi connectivity index (χ1v) is 11.8. The Morgan fingerprint density at radius 3 is 2.24 bits per heavy atom. The lowest BCUT2D eigenvalue weighted by Gasteiger charge is -2.26. The standard InChI is InChI=1S/C22H26ClNO4S/c23-19-10-12-20(13-11-19)29(27,28)24-21-5-3-1-2-4-18(21)14-16-6-8-17(9-7-16)15-22(25)26/h6-13,18,21,24H,1-5,14-15H2,(H,25,26). The van der Waals surface area contributed by atoms with E-state index in [0.29, 0.717) is 5.02 Å². The Kier molecular flexibility index (Phi) is 7.33. The normalized spacial score (nSPS) is 20.2. The Labute approximate surface area is 177 Å². The zero-order chi connectivity index (χ0) is 20.9. The van der Waals surface area contributed by atoms with Gasteiger partial charge in [-0.1, -0.05) is 55.1 Å². The number of halogens is 1. The second kappa shape index (κ2) is 9.74. The average Bonchev–Trinajstić information content (AvgIpc) is 2.88. The molecule has 3 rings (SSSR count). The fraction of sp³-hybridized carbons (Fsp3) is 0.409. The van der Waals surface area contributed by atoms with Gasteiger partial charge >= 0.3 is 5.97 Å². The van der Waals surface area contributed by atoms with Gasteiger partial charge in [-0.25, -0.2) is 13.1 Å². The Morgan fingerprint density at radius 1 is 0.966 bits per heavy atom. The van der Waals surface area contributed by atoms with E-state index in [9.17, 15) is 13.2 Å². The highest BCUT2D eigenvalue weighted by molar-refractivity contribution is 7.89. The van der Waals surface area contributed by atoms with Gasteiger partial charge in [-0.3, -0.25) is 4.79 Å². The zero-order valence-corrected chi connectivity index (χ0v) is 17.8. The van der Waals surface area contributed by atoms with Crippen LogP contribution in [0.15, 0.2) is 53.4 Å². The lowest BCUT2D eigenvalue weighted by atomic mass is 9.88. The highest BCUT2D eigenvalue weighted by atomic mass is 35.5. The fourth-order valence-electron chi connectivity index (χ4n) is 3.94. The number of rotatable bonds is 7. The summed E-state index contributed by atoms with van der Waals surface area (Å²) in [6, 6.07) is 13.7. The van der Waals surface area contributed by atoms with E-state index in [4.69, 9.17) is 16.7 Å². The van der Waals surface area contributed by atoms with Crippen molar-refractivity contribution < 1.29 is 18.3 Å². The monoisotopic (exact) mass is 435 g/mol. The number of benzene rings is 2. The van der Waals surface area contributed by atoms with Crippen molar-refractivity contribution in [2.75, 3.05) is 0 Å². The minimum atomic E-state index is -3.61. The van der Waals surface area contributed by atoms with E-state index in [2.05, 4.69) is 4.72 Å². The lowest BCUT2D eigenvalue weighted by Crippen LogP contribution is -2.40. The van der Waals surface area contributed by atoms with E-state index in [0.717, 1.165) is 49.7 Å². The molecule has 7 heteroatoms. The summed E-state index contributed by atoms with van der Waals surface area (Å²) in [5.41, 5.74) is 1.86. The van der Waals surface area contributed by atoms with Crippen LogP contribution in [0.4, 0.5) is 0 Å². The largest absolute Gasteiger partial charge is 0.481 e. The topological polar surface area (TPSA) is 83.5 Å². The molecular formula is C22H26ClNO4S. The molecule has 0 aliphatic heterocycles. The predicted molar refractivity (Wildman–Crippen MR) is 114 cm³/mol. The van der Waals surface area contributed by atoms with Crippen LogP contribution in [0.2, 0.25) is 5.02 Å². The van der Waals surface area contributed by atoms with Crippen LogP contribution in [0, 0.1) is 5.92 Å². The third-order valence-electron chi connectivity index (χ3n) is 5.47. The quantitative estimate of drug-likeness (QED) is 0.630. The second-order valence-corrected chi connectivity index (χ2v) is 9.82. The molecule has 5 nitrogen and oxygen atoms in total. The minimum Gasteiger partial charge on any atom is -0.481 e. The number of hydrogen-bond donors (Lipinski definition) is 2. The van der Waals surface area contributed by atoms with E-state index >= 15 is 0 Å². The molecular weight excluding hydrogens is 410 g/mol. The number of carboxylic acid groups (broad SMARTS) is 1. The molecule has 0 radical (unpaired) electrons. The van der Waals surface area contributed by atoms with Gasteiger partial charge in [0.15, 0.2) is 0 Å². The second-order valence-electron chi connectivity index (χ2n) is 7.67. The van der Waals surface area contributed by atoms with Crippen molar-refractivity contribution in [3.8, 4) is 0 Å². The Morgan fingerprint density at radius 2 is 1.59 bits per heavy atom. The van der Waals surface area contributed by atoms with E-state index in [-0.39, 0.29) is 23.3 Å². The van der Waals surface area contributed by atoms with E-state index in [1.807, 2.05) is 24.3 Å². The SMILES string of the molecule is O=C(O)Cc1ccc(CC2CCCCCC2NS(=O)(=O)c2ccc(Cl)cc2)cc1. The average molecular weight is 436 g/mol. The molecule has 29 heavy (non-hydrogen) atoms. The summed E-state index contributed by atoms with van der Waals surface area (Å²) in [6.07, 6.45) is 5.74. The van der Waals surface area contributed by atoms with Crippen LogP contribution in [0.3, 0.4) is 0 Å². The molecule has 156 valence electrons. The predicted octanol–water partition coefficient (Wildman–Crippen LogP) is 4.44. The molecule has 0 aromatic heterocycles. The molecule has 2 aromatic rings. The van der Waals surface area contributed by atoms with E-state index in [1.165, 1.54) is 12.1 Å². The minimum absolute atomic E-state index is 0.00717. The van der Waals surface area contributed by atoms with Gasteiger partial charge in [-0.05, 0) is 60.6 Å². The Bertz CT molecular complexity index is 926. The molecule has 0 saturated heterocycles. The molecule has 0 heterocycles. The van der Waals surface area contributed by atoms with Crippen molar-refractivity contribution in [3.05, 3.63) is 64.7 Å². The summed E-state index contributed by atoms with van der Waals surface area (Å²) >= 11 is 5.88. The maximum Gasteiger partial charge on any atom is 0.307 e. The highest BCUT2D eigenvalue weighted by Gasteiger charge is 2.28. The van der Waals surface area contributed by atoms with Crippen molar-refractivity contribution in [1.29, 1.82) is 0 Å². The van der Waals surface area contributed by atoms with Gasteiger partial charge in [-0.15, -0.1) is 0 Å². The van der Waals surface area contributed by atoms with Gasteiger partial charge in [0.1, 0.15) is 0 Å². The fourth-order valence-corrected chi connectivity index (χ4v) is 5.40. The molecule has 2 atom stereocenters. The van der Waals surface area contributed by atoms with Crippen molar-refractivity contribution >= 4 is 27.6 Å². The van der Waals surface area contributed by atoms with Gasteiger partial charge in [0, 0.05) is 11.1 Å². The van der Waals surface area contributed by atoms with Crippen molar-refractivity contribution in [2.45, 2.75) is 55.9 Å². The van der Waals surface area contributed by atoms with Gasteiger partial charge in [0.25, 0.3) is 0 Å². The number of sulfonamides is 1. The first-order valence-electron chi connectivity index (χ1n) is 9.91. The molecule has 1 fully saturated rings. The summed E-state index contributed by atoms with van der Waals surface area (Å²) in [5.74, 6) is -0.650. The molecule has 1 aliphatic rings. The number of carbonyl (C=O) groups is 1.